The van der Waals surface area contributed by atoms with Crippen molar-refractivity contribution in [2.75, 3.05) is 0 Å². The first-order chi connectivity index (χ1) is 14.8. The first kappa shape index (κ1) is 17.8. The number of aromatic nitrogens is 6. The number of aromatic amines is 2. The third kappa shape index (κ3) is 4.23. The molecule has 4 aromatic rings. The van der Waals surface area contributed by atoms with E-state index in [1.54, 1.807) is 24.8 Å². The van der Waals surface area contributed by atoms with E-state index in [1.165, 1.54) is 0 Å². The van der Waals surface area contributed by atoms with Crippen LogP contribution in [0, 0.1) is 0 Å². The van der Waals surface area contributed by atoms with Crippen molar-refractivity contribution in [3.05, 3.63) is 96.1 Å². The SMILES string of the molecule is C1=Cc2cc3ccc(cc4nc(cc5ccc(cc1n2)[nH]5)C=C4)[nH]3.c1cnccn1. The van der Waals surface area contributed by atoms with Crippen LogP contribution < -0.4 is 0 Å². The quantitative estimate of drug-likeness (QED) is 0.376. The summed E-state index contributed by atoms with van der Waals surface area (Å²) >= 11 is 0. The van der Waals surface area contributed by atoms with Crippen molar-refractivity contribution in [2.24, 2.45) is 0 Å². The smallest absolute Gasteiger partial charge is 0.0658 e. The van der Waals surface area contributed by atoms with Gasteiger partial charge in [-0.2, -0.15) is 0 Å². The topological polar surface area (TPSA) is 83.1 Å². The second-order valence-corrected chi connectivity index (χ2v) is 6.80. The average molecular weight is 390 g/mol. The third-order valence-corrected chi connectivity index (χ3v) is 4.52. The number of fused-ring (bicyclic) bond motifs is 8. The Morgan fingerprint density at radius 3 is 1.00 bits per heavy atom. The van der Waals surface area contributed by atoms with Crippen LogP contribution >= 0.6 is 0 Å². The molecule has 0 atom stereocenters. The summed E-state index contributed by atoms with van der Waals surface area (Å²) in [6.45, 7) is 0. The standard InChI is InChI=1S/C20H14N4.C4H4N2/c1-2-14-10-16-5-6-18(23-16)12-20-8-7-19(24-20)11-17-4-3-15(22-17)9-13(1)21-14;1-2-6-4-3-5-1/h1-12,21,24H;1-4H. The second kappa shape index (κ2) is 7.97. The van der Waals surface area contributed by atoms with Crippen molar-refractivity contribution in [3.63, 3.8) is 0 Å². The lowest BCUT2D eigenvalue weighted by atomic mass is 10.3. The lowest BCUT2D eigenvalue weighted by molar-refractivity contribution is 1.20. The van der Waals surface area contributed by atoms with E-state index in [0.717, 1.165) is 44.8 Å². The molecule has 2 aliphatic heterocycles. The first-order valence-electron chi connectivity index (χ1n) is 9.55. The van der Waals surface area contributed by atoms with Gasteiger partial charge in [0.1, 0.15) is 0 Å². The monoisotopic (exact) mass is 390 g/mol. The Morgan fingerprint density at radius 1 is 0.433 bits per heavy atom. The highest BCUT2D eigenvalue weighted by atomic mass is 14.8. The van der Waals surface area contributed by atoms with Gasteiger partial charge < -0.3 is 9.97 Å². The zero-order valence-electron chi connectivity index (χ0n) is 16.0. The van der Waals surface area contributed by atoms with Gasteiger partial charge in [0.25, 0.3) is 0 Å². The van der Waals surface area contributed by atoms with Crippen LogP contribution in [0.4, 0.5) is 0 Å². The average Bonchev–Trinajstić information content (AvgIpc) is 3.56. The molecule has 0 fully saturated rings. The third-order valence-electron chi connectivity index (χ3n) is 4.52. The van der Waals surface area contributed by atoms with Gasteiger partial charge in [-0.15, -0.1) is 0 Å². The summed E-state index contributed by atoms with van der Waals surface area (Å²) < 4.78 is 0. The summed E-state index contributed by atoms with van der Waals surface area (Å²) in [6, 6.07) is 16.4. The van der Waals surface area contributed by atoms with Crippen molar-refractivity contribution < 1.29 is 0 Å². The molecule has 0 amide bonds. The highest BCUT2D eigenvalue weighted by Crippen LogP contribution is 2.16. The van der Waals surface area contributed by atoms with E-state index in [2.05, 4.69) is 54.2 Å². The van der Waals surface area contributed by atoms with Gasteiger partial charge in [-0.3, -0.25) is 9.97 Å². The fraction of sp³-hybridized carbons (Fsp3) is 0. The number of hydrogen-bond donors (Lipinski definition) is 2. The van der Waals surface area contributed by atoms with E-state index >= 15 is 0 Å². The zero-order valence-corrected chi connectivity index (χ0v) is 16.0. The molecule has 0 aliphatic carbocycles. The van der Waals surface area contributed by atoms with Crippen molar-refractivity contribution in [1.29, 1.82) is 0 Å². The molecule has 30 heavy (non-hydrogen) atoms. The zero-order chi connectivity index (χ0) is 20.2. The molecule has 8 bridgehead atoms. The van der Waals surface area contributed by atoms with Gasteiger partial charge in [0.15, 0.2) is 0 Å². The second-order valence-electron chi connectivity index (χ2n) is 6.80. The van der Waals surface area contributed by atoms with E-state index in [9.17, 15) is 0 Å². The summed E-state index contributed by atoms with van der Waals surface area (Å²) in [7, 11) is 0. The Labute approximate surface area is 172 Å². The molecule has 0 radical (unpaired) electrons. The maximum atomic E-state index is 4.63. The maximum absolute atomic E-state index is 4.63. The molecule has 144 valence electrons. The molecule has 2 aliphatic rings. The lowest BCUT2D eigenvalue weighted by Gasteiger charge is -1.85. The largest absolute Gasteiger partial charge is 0.355 e. The van der Waals surface area contributed by atoms with Crippen molar-refractivity contribution >= 4 is 46.4 Å². The van der Waals surface area contributed by atoms with Gasteiger partial charge in [-0.05, 0) is 72.8 Å². The molecule has 0 spiro atoms. The molecule has 0 saturated carbocycles. The Balaban J connectivity index is 0.000000279. The van der Waals surface area contributed by atoms with E-state index in [0.29, 0.717) is 0 Å². The molecule has 0 unspecified atom stereocenters. The van der Waals surface area contributed by atoms with E-state index in [4.69, 9.17) is 0 Å². The highest BCUT2D eigenvalue weighted by Gasteiger charge is 2.01. The van der Waals surface area contributed by atoms with Crippen LogP contribution in [0.15, 0.2) is 73.3 Å². The van der Waals surface area contributed by atoms with Crippen LogP contribution in [0.5, 0.6) is 0 Å². The molecular formula is C24H18N6. The van der Waals surface area contributed by atoms with Crippen LogP contribution in [0.25, 0.3) is 46.4 Å². The normalized spacial score (nSPS) is 11.7. The highest BCUT2D eigenvalue weighted by molar-refractivity contribution is 5.77. The Bertz CT molecular complexity index is 1190. The van der Waals surface area contributed by atoms with Crippen LogP contribution in [0.3, 0.4) is 0 Å². The fourth-order valence-electron chi connectivity index (χ4n) is 3.20. The van der Waals surface area contributed by atoms with Gasteiger partial charge in [0.2, 0.25) is 0 Å². The van der Waals surface area contributed by atoms with Gasteiger partial charge in [-0.1, -0.05) is 0 Å². The van der Waals surface area contributed by atoms with Crippen LogP contribution in [0.2, 0.25) is 0 Å². The summed E-state index contributed by atoms with van der Waals surface area (Å²) in [4.78, 5) is 23.5. The van der Waals surface area contributed by atoms with Crippen molar-refractivity contribution in [1.82, 2.24) is 29.9 Å². The number of H-pyrrole nitrogens is 2. The van der Waals surface area contributed by atoms with E-state index in [-0.39, 0.29) is 0 Å². The lowest BCUT2D eigenvalue weighted by Crippen LogP contribution is -1.75. The maximum Gasteiger partial charge on any atom is 0.0658 e. The first-order valence-corrected chi connectivity index (χ1v) is 9.55. The Hall–Kier alpha value is -4.32. The van der Waals surface area contributed by atoms with Crippen LogP contribution in [0.1, 0.15) is 22.8 Å². The molecule has 2 N–H and O–H groups in total. The molecular weight excluding hydrogens is 372 g/mol. The number of nitrogens with one attached hydrogen (secondary N) is 2. The minimum atomic E-state index is 0.939. The predicted molar refractivity (Wildman–Crippen MR) is 121 cm³/mol. The number of nitrogens with zero attached hydrogens (tertiary/aromatic N) is 4. The van der Waals surface area contributed by atoms with Crippen LogP contribution in [-0.4, -0.2) is 29.9 Å². The summed E-state index contributed by atoms with van der Waals surface area (Å²) in [6.07, 6.45) is 14.6. The fourth-order valence-corrected chi connectivity index (χ4v) is 3.20. The molecule has 6 heterocycles. The minimum Gasteiger partial charge on any atom is -0.355 e. The summed E-state index contributed by atoms with van der Waals surface area (Å²) in [5.74, 6) is 0. The van der Waals surface area contributed by atoms with Crippen molar-refractivity contribution in [2.45, 2.75) is 0 Å². The molecule has 6 heteroatoms. The number of rotatable bonds is 0. The van der Waals surface area contributed by atoms with Crippen LogP contribution in [-0.2, 0) is 0 Å². The summed E-state index contributed by atoms with van der Waals surface area (Å²) in [5.41, 5.74) is 7.86. The van der Waals surface area contributed by atoms with Gasteiger partial charge in [0, 0.05) is 46.9 Å². The molecule has 0 saturated heterocycles. The number of hydrogen-bond acceptors (Lipinski definition) is 4. The van der Waals surface area contributed by atoms with Gasteiger partial charge in [-0.25, -0.2) is 9.97 Å². The van der Waals surface area contributed by atoms with Crippen molar-refractivity contribution in [3.8, 4) is 0 Å². The Kier molecular flexibility index (Phi) is 4.72. The molecule has 6 rings (SSSR count). The predicted octanol–water partition coefficient (Wildman–Crippen LogP) is 5.13. The van der Waals surface area contributed by atoms with E-state index in [1.807, 2.05) is 48.6 Å². The minimum absolute atomic E-state index is 0.939. The molecule has 0 aromatic carbocycles. The van der Waals surface area contributed by atoms with E-state index < -0.39 is 0 Å². The molecule has 4 aromatic heterocycles. The molecule has 6 nitrogen and oxygen atoms in total. The summed E-state index contributed by atoms with van der Waals surface area (Å²) in [5, 5.41) is 0. The van der Waals surface area contributed by atoms with Gasteiger partial charge in [0.05, 0.1) is 22.8 Å². The van der Waals surface area contributed by atoms with Gasteiger partial charge >= 0.3 is 0 Å². The Morgan fingerprint density at radius 2 is 0.733 bits per heavy atom.